The number of nitrogens with one attached hydrogen (secondary N) is 1. The van der Waals surface area contributed by atoms with Gasteiger partial charge in [-0.05, 0) is 35.2 Å². The van der Waals surface area contributed by atoms with Gasteiger partial charge in [-0.2, -0.15) is 0 Å². The van der Waals surface area contributed by atoms with Crippen molar-refractivity contribution in [1.29, 1.82) is 0 Å². The Morgan fingerprint density at radius 1 is 0.765 bits per heavy atom. The third-order valence-corrected chi connectivity index (χ3v) is 2.79. The van der Waals surface area contributed by atoms with Crippen LogP contribution in [0.25, 0.3) is 0 Å². The Balaban J connectivity index is 2.23. The van der Waals surface area contributed by atoms with Gasteiger partial charge in [-0.1, -0.05) is 51.1 Å². The van der Waals surface area contributed by atoms with Crippen LogP contribution in [-0.4, -0.2) is 0 Å². The molecule has 2 rings (SSSR count). The Morgan fingerprint density at radius 3 is 2.06 bits per heavy atom. The van der Waals surface area contributed by atoms with Gasteiger partial charge in [-0.25, -0.2) is 0 Å². The highest BCUT2D eigenvalue weighted by Gasteiger charge is 2.13. The van der Waals surface area contributed by atoms with E-state index in [2.05, 4.69) is 62.5 Å². The lowest BCUT2D eigenvalue weighted by atomic mass is 9.87. The molecule has 0 heterocycles. The molecule has 0 spiro atoms. The molecule has 0 aliphatic rings. The summed E-state index contributed by atoms with van der Waals surface area (Å²) in [5.41, 5.74) is 3.80. The SMILES string of the molecule is CC(C)(C)c1cccc(Nc2ccccc2)c1. The van der Waals surface area contributed by atoms with E-state index < -0.39 is 0 Å². The Morgan fingerprint density at radius 2 is 1.41 bits per heavy atom. The number of benzene rings is 2. The maximum absolute atomic E-state index is 3.42. The average molecular weight is 225 g/mol. The van der Waals surface area contributed by atoms with Crippen LogP contribution >= 0.6 is 0 Å². The quantitative estimate of drug-likeness (QED) is 0.779. The van der Waals surface area contributed by atoms with E-state index in [-0.39, 0.29) is 5.41 Å². The summed E-state index contributed by atoms with van der Waals surface area (Å²) in [7, 11) is 0. The third-order valence-electron chi connectivity index (χ3n) is 2.79. The van der Waals surface area contributed by atoms with Crippen LogP contribution in [0.15, 0.2) is 54.6 Å². The second-order valence-electron chi connectivity index (χ2n) is 5.32. The lowest BCUT2D eigenvalue weighted by Gasteiger charge is -2.20. The molecule has 0 fully saturated rings. The molecule has 2 aromatic carbocycles. The van der Waals surface area contributed by atoms with Gasteiger partial charge >= 0.3 is 0 Å². The van der Waals surface area contributed by atoms with Crippen molar-refractivity contribution in [1.82, 2.24) is 0 Å². The second kappa shape index (κ2) is 4.62. The molecule has 0 aliphatic carbocycles. The van der Waals surface area contributed by atoms with Crippen molar-refractivity contribution in [3.63, 3.8) is 0 Å². The normalized spacial score (nSPS) is 11.2. The van der Waals surface area contributed by atoms with Crippen molar-refractivity contribution < 1.29 is 0 Å². The zero-order valence-electron chi connectivity index (χ0n) is 10.7. The van der Waals surface area contributed by atoms with Gasteiger partial charge in [0.05, 0.1) is 0 Å². The van der Waals surface area contributed by atoms with Crippen LogP contribution in [0.3, 0.4) is 0 Å². The molecule has 0 amide bonds. The van der Waals surface area contributed by atoms with Gasteiger partial charge < -0.3 is 5.32 Å². The number of hydrogen-bond donors (Lipinski definition) is 1. The van der Waals surface area contributed by atoms with Gasteiger partial charge in [-0.15, -0.1) is 0 Å². The molecule has 0 bridgehead atoms. The van der Waals surface area contributed by atoms with Gasteiger partial charge in [-0.3, -0.25) is 0 Å². The fourth-order valence-corrected chi connectivity index (χ4v) is 1.75. The van der Waals surface area contributed by atoms with Gasteiger partial charge in [0.1, 0.15) is 0 Å². The first-order chi connectivity index (χ1) is 8.05. The maximum Gasteiger partial charge on any atom is 0.0387 e. The molecule has 0 saturated heterocycles. The summed E-state index contributed by atoms with van der Waals surface area (Å²) in [6.07, 6.45) is 0. The summed E-state index contributed by atoms with van der Waals surface area (Å²) in [4.78, 5) is 0. The lowest BCUT2D eigenvalue weighted by molar-refractivity contribution is 0.590. The van der Waals surface area contributed by atoms with Crippen LogP contribution in [0.2, 0.25) is 0 Å². The number of para-hydroxylation sites is 1. The molecule has 0 radical (unpaired) electrons. The molecule has 2 aromatic rings. The van der Waals surface area contributed by atoms with Crippen molar-refractivity contribution >= 4 is 11.4 Å². The highest BCUT2D eigenvalue weighted by atomic mass is 14.9. The molecule has 1 N–H and O–H groups in total. The molecule has 0 atom stereocenters. The van der Waals surface area contributed by atoms with E-state index in [1.807, 2.05) is 18.2 Å². The van der Waals surface area contributed by atoms with Crippen LogP contribution in [0.5, 0.6) is 0 Å². The minimum absolute atomic E-state index is 0.189. The standard InChI is InChI=1S/C16H19N/c1-16(2,3)13-8-7-11-15(12-13)17-14-9-5-4-6-10-14/h4-12,17H,1-3H3. The number of rotatable bonds is 2. The van der Waals surface area contributed by atoms with E-state index in [9.17, 15) is 0 Å². The van der Waals surface area contributed by atoms with E-state index in [0.29, 0.717) is 0 Å². The predicted octanol–water partition coefficient (Wildman–Crippen LogP) is 4.73. The molecule has 88 valence electrons. The summed E-state index contributed by atoms with van der Waals surface area (Å²) < 4.78 is 0. The highest BCUT2D eigenvalue weighted by Crippen LogP contribution is 2.26. The van der Waals surface area contributed by atoms with Crippen LogP contribution in [0.4, 0.5) is 11.4 Å². The number of anilines is 2. The first-order valence-electron chi connectivity index (χ1n) is 5.98. The Hall–Kier alpha value is -1.76. The van der Waals surface area contributed by atoms with Crippen LogP contribution in [-0.2, 0) is 5.41 Å². The molecule has 0 unspecified atom stereocenters. The smallest absolute Gasteiger partial charge is 0.0387 e. The molecule has 17 heavy (non-hydrogen) atoms. The van der Waals surface area contributed by atoms with Crippen molar-refractivity contribution in [3.05, 3.63) is 60.2 Å². The largest absolute Gasteiger partial charge is 0.356 e. The van der Waals surface area contributed by atoms with Crippen LogP contribution in [0.1, 0.15) is 26.3 Å². The summed E-state index contributed by atoms with van der Waals surface area (Å²) >= 11 is 0. The molecule has 1 heteroatoms. The van der Waals surface area contributed by atoms with Gasteiger partial charge in [0.15, 0.2) is 0 Å². The van der Waals surface area contributed by atoms with Crippen LogP contribution < -0.4 is 5.32 Å². The highest BCUT2D eigenvalue weighted by molar-refractivity contribution is 5.60. The van der Waals surface area contributed by atoms with Crippen molar-refractivity contribution in [2.45, 2.75) is 26.2 Å². The zero-order valence-corrected chi connectivity index (χ0v) is 10.7. The van der Waals surface area contributed by atoms with Crippen molar-refractivity contribution in [2.24, 2.45) is 0 Å². The summed E-state index contributed by atoms with van der Waals surface area (Å²) in [5.74, 6) is 0. The molecular weight excluding hydrogens is 206 g/mol. The monoisotopic (exact) mass is 225 g/mol. The molecule has 0 aliphatic heterocycles. The minimum atomic E-state index is 0.189. The Kier molecular flexibility index (Phi) is 3.19. The second-order valence-corrected chi connectivity index (χ2v) is 5.32. The first-order valence-corrected chi connectivity index (χ1v) is 5.98. The lowest BCUT2D eigenvalue weighted by Crippen LogP contribution is -2.10. The summed E-state index contributed by atoms with van der Waals surface area (Å²) in [5, 5.41) is 3.42. The Labute approximate surface area is 103 Å². The third kappa shape index (κ3) is 3.10. The molecular formula is C16H19N. The van der Waals surface area contributed by atoms with E-state index in [1.165, 1.54) is 5.56 Å². The Bertz CT molecular complexity index is 480. The van der Waals surface area contributed by atoms with Gasteiger partial charge in [0, 0.05) is 11.4 Å². The average Bonchev–Trinajstić information content (AvgIpc) is 2.29. The van der Waals surface area contributed by atoms with Gasteiger partial charge in [0.25, 0.3) is 0 Å². The predicted molar refractivity (Wildman–Crippen MR) is 74.9 cm³/mol. The van der Waals surface area contributed by atoms with E-state index in [0.717, 1.165) is 11.4 Å². The van der Waals surface area contributed by atoms with Crippen molar-refractivity contribution in [2.75, 3.05) is 5.32 Å². The van der Waals surface area contributed by atoms with E-state index in [4.69, 9.17) is 0 Å². The molecule has 0 aromatic heterocycles. The minimum Gasteiger partial charge on any atom is -0.356 e. The summed E-state index contributed by atoms with van der Waals surface area (Å²) in [6.45, 7) is 6.69. The first kappa shape index (κ1) is 11.7. The van der Waals surface area contributed by atoms with E-state index in [1.54, 1.807) is 0 Å². The van der Waals surface area contributed by atoms with Crippen LogP contribution in [0, 0.1) is 0 Å². The van der Waals surface area contributed by atoms with E-state index >= 15 is 0 Å². The topological polar surface area (TPSA) is 12.0 Å². The summed E-state index contributed by atoms with van der Waals surface area (Å²) in [6, 6.07) is 18.8. The fourth-order valence-electron chi connectivity index (χ4n) is 1.75. The van der Waals surface area contributed by atoms with Crippen molar-refractivity contribution in [3.8, 4) is 0 Å². The molecule has 0 saturated carbocycles. The zero-order chi connectivity index (χ0) is 12.3. The number of hydrogen-bond acceptors (Lipinski definition) is 1. The molecule has 1 nitrogen and oxygen atoms in total. The fraction of sp³-hybridized carbons (Fsp3) is 0.250. The van der Waals surface area contributed by atoms with Gasteiger partial charge in [0.2, 0.25) is 0 Å². The maximum atomic E-state index is 3.42.